The van der Waals surface area contributed by atoms with Crippen LogP contribution in [0.1, 0.15) is 161 Å². The van der Waals surface area contributed by atoms with Crippen LogP contribution in [0.25, 0.3) is 22.3 Å². The maximum absolute atomic E-state index is 14.1. The molecular formula is C52H64O6. The van der Waals surface area contributed by atoms with Gasteiger partial charge in [0.1, 0.15) is 23.0 Å². The van der Waals surface area contributed by atoms with Gasteiger partial charge >= 0.3 is 0 Å². The molecule has 2 fully saturated rings. The summed E-state index contributed by atoms with van der Waals surface area (Å²) in [4.78, 5) is 28.2. The minimum atomic E-state index is -0.485. The summed E-state index contributed by atoms with van der Waals surface area (Å²) in [5.74, 6) is 3.15. The molecule has 0 saturated heterocycles. The van der Waals surface area contributed by atoms with Gasteiger partial charge in [0.2, 0.25) is 0 Å². The van der Waals surface area contributed by atoms with Crippen molar-refractivity contribution in [1.82, 2.24) is 0 Å². The molecule has 2 saturated carbocycles. The van der Waals surface area contributed by atoms with E-state index in [1.165, 1.54) is 89.9 Å². The highest BCUT2D eigenvalue weighted by molar-refractivity contribution is 6.31. The zero-order valence-electron chi connectivity index (χ0n) is 35.3. The van der Waals surface area contributed by atoms with Crippen molar-refractivity contribution in [2.45, 2.75) is 130 Å². The van der Waals surface area contributed by atoms with Crippen LogP contribution in [-0.4, -0.2) is 35.0 Å². The molecule has 3 aliphatic rings. The van der Waals surface area contributed by atoms with Gasteiger partial charge in [-0.15, -0.1) is 0 Å². The number of phenolic OH excluding ortho intramolecular Hbond substituents is 2. The van der Waals surface area contributed by atoms with Crippen molar-refractivity contribution in [3.63, 3.8) is 0 Å². The lowest BCUT2D eigenvalue weighted by Crippen LogP contribution is -2.21. The molecular weight excluding hydrogens is 721 g/mol. The largest absolute Gasteiger partial charge is 0.507 e. The number of fused-ring (bicyclic) bond motifs is 2. The first-order valence-electron chi connectivity index (χ1n) is 22.6. The number of benzene rings is 4. The summed E-state index contributed by atoms with van der Waals surface area (Å²) in [7, 11) is 0. The number of hydrogen-bond acceptors (Lipinski definition) is 6. The standard InChI is InChI=1S/C52H64O6/c1-5-9-10-12-34-15-19-36(20-16-34)32-58-52-37(7-3)29-40(30-38(52)8-4)43-26-28-45-47(49(43)54)51(56)44-27-25-42(48(53)46(44)50(45)55)39-21-23-41(24-22-39)57-31-35-17-13-33(11-6-2)14-18-35/h21-30,33-36,53-54H,5-20,31-32H2,1-4H3. The van der Waals surface area contributed by atoms with Gasteiger partial charge in [0.25, 0.3) is 0 Å². The Balaban J connectivity index is 1.06. The van der Waals surface area contributed by atoms with E-state index in [4.69, 9.17) is 9.47 Å². The molecule has 0 aliphatic heterocycles. The van der Waals surface area contributed by atoms with Crippen LogP contribution in [0.2, 0.25) is 0 Å². The van der Waals surface area contributed by atoms with Crippen molar-refractivity contribution in [2.75, 3.05) is 13.2 Å². The van der Waals surface area contributed by atoms with Crippen LogP contribution in [0.15, 0.2) is 60.7 Å². The van der Waals surface area contributed by atoms with Crippen molar-refractivity contribution < 1.29 is 29.3 Å². The molecule has 7 rings (SSSR count). The fourth-order valence-electron chi connectivity index (χ4n) is 9.99. The van der Waals surface area contributed by atoms with Crippen molar-refractivity contribution in [1.29, 1.82) is 0 Å². The lowest BCUT2D eigenvalue weighted by molar-refractivity contribution is 0.0974. The minimum Gasteiger partial charge on any atom is -0.507 e. The van der Waals surface area contributed by atoms with Gasteiger partial charge in [-0.2, -0.15) is 0 Å². The Hall–Kier alpha value is -4.58. The number of aryl methyl sites for hydroxylation is 2. The van der Waals surface area contributed by atoms with E-state index in [0.29, 0.717) is 35.1 Å². The number of ketones is 2. The Kier molecular flexibility index (Phi) is 13.6. The molecule has 308 valence electrons. The number of aromatic hydroxyl groups is 2. The Morgan fingerprint density at radius 3 is 1.48 bits per heavy atom. The van der Waals surface area contributed by atoms with Crippen molar-refractivity contribution in [2.24, 2.45) is 23.7 Å². The highest BCUT2D eigenvalue weighted by Gasteiger charge is 2.36. The number of unbranched alkanes of at least 4 members (excludes halogenated alkanes) is 2. The third-order valence-corrected chi connectivity index (χ3v) is 13.6. The average Bonchev–Trinajstić information content (AvgIpc) is 3.25. The molecule has 3 aliphatic carbocycles. The molecule has 4 aromatic rings. The number of phenols is 2. The van der Waals surface area contributed by atoms with Crippen molar-refractivity contribution in [3.05, 3.63) is 94.0 Å². The number of rotatable bonds is 16. The highest BCUT2D eigenvalue weighted by atomic mass is 16.5. The SMILES string of the molecule is CCCCCC1CCC(COc2c(CC)cc(-c3ccc4c(c3O)C(=O)c3ccc(-c5ccc(OCC6CCC(CCC)CC6)cc5)c(O)c3C4=O)cc2CC)CC1. The molecule has 0 radical (unpaired) electrons. The Labute approximate surface area is 346 Å². The van der Waals surface area contributed by atoms with Gasteiger partial charge in [0.15, 0.2) is 11.6 Å². The van der Waals surface area contributed by atoms with E-state index >= 15 is 0 Å². The van der Waals surface area contributed by atoms with Crippen LogP contribution in [0.3, 0.4) is 0 Å². The monoisotopic (exact) mass is 784 g/mol. The average molecular weight is 785 g/mol. The second-order valence-corrected chi connectivity index (χ2v) is 17.5. The molecule has 58 heavy (non-hydrogen) atoms. The molecule has 0 amide bonds. The van der Waals surface area contributed by atoms with Crippen LogP contribution in [0.4, 0.5) is 0 Å². The minimum absolute atomic E-state index is 0.0239. The molecule has 4 aromatic carbocycles. The van der Waals surface area contributed by atoms with Crippen LogP contribution < -0.4 is 9.47 Å². The van der Waals surface area contributed by atoms with E-state index in [-0.39, 0.29) is 33.8 Å². The second kappa shape index (κ2) is 19.0. The predicted molar refractivity (Wildman–Crippen MR) is 234 cm³/mol. The molecule has 0 spiro atoms. The Morgan fingerprint density at radius 2 is 0.983 bits per heavy atom. The second-order valence-electron chi connectivity index (χ2n) is 17.5. The predicted octanol–water partition coefficient (Wildman–Crippen LogP) is 13.1. The van der Waals surface area contributed by atoms with Crippen LogP contribution in [0.5, 0.6) is 23.0 Å². The van der Waals surface area contributed by atoms with E-state index < -0.39 is 11.6 Å². The normalized spacial score (nSPS) is 20.4. The molecule has 0 unspecified atom stereocenters. The van der Waals surface area contributed by atoms with Gasteiger partial charge in [0, 0.05) is 22.3 Å². The quantitative estimate of drug-likeness (QED) is 0.0968. The maximum atomic E-state index is 14.1. The topological polar surface area (TPSA) is 93.1 Å². The molecule has 0 bridgehead atoms. The fourth-order valence-corrected chi connectivity index (χ4v) is 9.99. The van der Waals surface area contributed by atoms with Crippen molar-refractivity contribution >= 4 is 11.6 Å². The number of ether oxygens (including phenoxy) is 2. The zero-order valence-corrected chi connectivity index (χ0v) is 35.3. The Bertz CT molecular complexity index is 2040. The highest BCUT2D eigenvalue weighted by Crippen LogP contribution is 2.45. The molecule has 2 N–H and O–H groups in total. The molecule has 6 nitrogen and oxygen atoms in total. The van der Waals surface area contributed by atoms with Gasteiger partial charge in [-0.1, -0.05) is 104 Å². The summed E-state index contributed by atoms with van der Waals surface area (Å²) >= 11 is 0. The summed E-state index contributed by atoms with van der Waals surface area (Å²) in [6, 6.07) is 18.2. The maximum Gasteiger partial charge on any atom is 0.198 e. The van der Waals surface area contributed by atoms with E-state index in [9.17, 15) is 19.8 Å². The number of carbonyl (C=O) groups excluding carboxylic acids is 2. The van der Waals surface area contributed by atoms with E-state index in [1.54, 1.807) is 24.3 Å². The summed E-state index contributed by atoms with van der Waals surface area (Å²) in [5.41, 5.74) is 4.70. The first-order chi connectivity index (χ1) is 28.2. The molecule has 0 aromatic heterocycles. The van der Waals surface area contributed by atoms with Crippen molar-refractivity contribution in [3.8, 4) is 45.3 Å². The summed E-state index contributed by atoms with van der Waals surface area (Å²) in [6.07, 6.45) is 19.4. The van der Waals surface area contributed by atoms with Gasteiger partial charge in [-0.25, -0.2) is 0 Å². The van der Waals surface area contributed by atoms with Crippen LogP contribution >= 0.6 is 0 Å². The lowest BCUT2D eigenvalue weighted by atomic mass is 9.80. The zero-order chi connectivity index (χ0) is 40.8. The summed E-state index contributed by atoms with van der Waals surface area (Å²) in [6.45, 7) is 10.2. The van der Waals surface area contributed by atoms with Gasteiger partial charge in [0.05, 0.1) is 24.3 Å². The Morgan fingerprint density at radius 1 is 0.517 bits per heavy atom. The van der Waals surface area contributed by atoms with Crippen LogP contribution in [-0.2, 0) is 12.8 Å². The summed E-state index contributed by atoms with van der Waals surface area (Å²) in [5, 5.41) is 23.3. The molecule has 0 heterocycles. The van der Waals surface area contributed by atoms with Gasteiger partial charge in [-0.3, -0.25) is 9.59 Å². The third-order valence-electron chi connectivity index (χ3n) is 13.6. The lowest BCUT2D eigenvalue weighted by Gasteiger charge is -2.29. The number of carbonyl (C=O) groups is 2. The number of hydrogen-bond donors (Lipinski definition) is 2. The first-order valence-corrected chi connectivity index (χ1v) is 22.6. The first kappa shape index (κ1) is 41.6. The van der Waals surface area contributed by atoms with Gasteiger partial charge in [-0.05, 0) is 133 Å². The fraction of sp³-hybridized carbons (Fsp3) is 0.500. The van der Waals surface area contributed by atoms with E-state index in [1.807, 2.05) is 24.3 Å². The summed E-state index contributed by atoms with van der Waals surface area (Å²) < 4.78 is 12.8. The van der Waals surface area contributed by atoms with Crippen LogP contribution in [0, 0.1) is 23.7 Å². The van der Waals surface area contributed by atoms with Gasteiger partial charge < -0.3 is 19.7 Å². The van der Waals surface area contributed by atoms with E-state index in [0.717, 1.165) is 59.5 Å². The molecule has 6 heteroatoms. The third kappa shape index (κ3) is 8.87. The van der Waals surface area contributed by atoms with E-state index in [2.05, 4.69) is 39.8 Å². The smallest absolute Gasteiger partial charge is 0.198 e. The molecule has 0 atom stereocenters.